The lowest BCUT2D eigenvalue weighted by molar-refractivity contribution is -0.162. The van der Waals surface area contributed by atoms with E-state index >= 15 is 0 Å². The lowest BCUT2D eigenvalue weighted by Crippen LogP contribution is -2.58. The van der Waals surface area contributed by atoms with Crippen molar-refractivity contribution in [2.75, 3.05) is 20.2 Å². The number of benzene rings is 2. The maximum atomic E-state index is 14.1. The summed E-state index contributed by atoms with van der Waals surface area (Å²) in [6.45, 7) is 5.72. The lowest BCUT2D eigenvalue weighted by Gasteiger charge is -2.36. The summed E-state index contributed by atoms with van der Waals surface area (Å²) in [5.41, 5.74) is -0.0127. The normalized spacial score (nSPS) is 13.2. The van der Waals surface area contributed by atoms with E-state index in [0.717, 1.165) is 20.5 Å². The maximum Gasteiger partial charge on any atom is 0.429 e. The van der Waals surface area contributed by atoms with Crippen LogP contribution in [0, 0.1) is 0 Å². The van der Waals surface area contributed by atoms with Gasteiger partial charge in [-0.05, 0) is 51.8 Å². The summed E-state index contributed by atoms with van der Waals surface area (Å²) in [6, 6.07) is 13.4. The topological polar surface area (TPSA) is 140 Å². The van der Waals surface area contributed by atoms with Crippen molar-refractivity contribution < 1.29 is 43.0 Å². The van der Waals surface area contributed by atoms with Gasteiger partial charge in [0.15, 0.2) is 0 Å². The van der Waals surface area contributed by atoms with Crippen molar-refractivity contribution in [1.82, 2.24) is 14.9 Å². The highest BCUT2D eigenvalue weighted by Crippen LogP contribution is 2.27. The van der Waals surface area contributed by atoms with Crippen molar-refractivity contribution in [1.29, 1.82) is 0 Å². The van der Waals surface area contributed by atoms with Crippen LogP contribution in [0.3, 0.4) is 0 Å². The Kier molecular flexibility index (Phi) is 10.4. The summed E-state index contributed by atoms with van der Waals surface area (Å²) >= 11 is 0. The second-order valence-electron chi connectivity index (χ2n) is 10.4. The van der Waals surface area contributed by atoms with Crippen molar-refractivity contribution in [2.45, 2.75) is 58.8 Å². The third-order valence-corrected chi connectivity index (χ3v) is 6.15. The van der Waals surface area contributed by atoms with Crippen LogP contribution < -0.4 is 0 Å². The summed E-state index contributed by atoms with van der Waals surface area (Å²) in [5, 5.41) is 1.53. The second kappa shape index (κ2) is 13.7. The molecule has 0 fully saturated rings. The van der Waals surface area contributed by atoms with Gasteiger partial charge in [-0.15, -0.1) is 0 Å². The van der Waals surface area contributed by atoms with Crippen molar-refractivity contribution in [3.63, 3.8) is 0 Å². The van der Waals surface area contributed by atoms with E-state index in [1.54, 1.807) is 64.1 Å². The number of carbonyl (C=O) groups excluding carboxylic acids is 6. The fourth-order valence-corrected chi connectivity index (χ4v) is 4.18. The SMILES string of the molecule is CCOC(=O)CN(C(=O)[C@H](CCC(=O)OCc1ccccc1)N1C(=O)c2ccccc2C1=O)N(C)C(=O)OC(C)(C)C. The standard InChI is InChI=1S/C30H35N3O9/c1-6-40-25(35)18-32(31(5)29(39)42-30(2,3)4)28(38)23(16-17-24(34)41-19-20-12-8-7-9-13-20)33-26(36)21-14-10-11-15-22(21)27(33)37/h7-15,23H,6,16-19H2,1-5H3/t23-/m0/s1. The molecule has 0 unspecified atom stereocenters. The number of carbonyl (C=O) groups is 6. The molecule has 0 saturated carbocycles. The number of rotatable bonds is 10. The van der Waals surface area contributed by atoms with E-state index in [9.17, 15) is 28.8 Å². The minimum atomic E-state index is -1.57. The minimum Gasteiger partial charge on any atom is -0.465 e. The van der Waals surface area contributed by atoms with Gasteiger partial charge in [-0.3, -0.25) is 28.9 Å². The zero-order chi connectivity index (χ0) is 31.0. The van der Waals surface area contributed by atoms with Gasteiger partial charge in [0.2, 0.25) is 0 Å². The molecule has 0 aliphatic carbocycles. The third-order valence-electron chi connectivity index (χ3n) is 6.15. The molecule has 0 aromatic heterocycles. The molecule has 0 spiro atoms. The van der Waals surface area contributed by atoms with E-state index in [1.165, 1.54) is 19.2 Å². The molecule has 0 bridgehead atoms. The molecular weight excluding hydrogens is 546 g/mol. The summed E-state index contributed by atoms with van der Waals surface area (Å²) in [6.07, 6.45) is -1.65. The van der Waals surface area contributed by atoms with Crippen LogP contribution in [0.5, 0.6) is 0 Å². The Morgan fingerprint density at radius 2 is 1.43 bits per heavy atom. The molecule has 2 aromatic carbocycles. The lowest BCUT2D eigenvalue weighted by atomic mass is 10.1. The molecule has 1 heterocycles. The van der Waals surface area contributed by atoms with Gasteiger partial charge in [0, 0.05) is 13.5 Å². The van der Waals surface area contributed by atoms with Crippen LogP contribution in [0.2, 0.25) is 0 Å². The average molecular weight is 582 g/mol. The first-order chi connectivity index (χ1) is 19.8. The number of fused-ring (bicyclic) bond motifs is 1. The van der Waals surface area contributed by atoms with Crippen molar-refractivity contribution >= 4 is 35.8 Å². The van der Waals surface area contributed by atoms with Gasteiger partial charge in [0.1, 0.15) is 24.8 Å². The maximum absolute atomic E-state index is 14.1. The highest BCUT2D eigenvalue weighted by Gasteiger charge is 2.45. The molecule has 0 radical (unpaired) electrons. The molecule has 0 saturated heterocycles. The molecule has 12 nitrogen and oxygen atoms in total. The van der Waals surface area contributed by atoms with E-state index in [0.29, 0.717) is 0 Å². The third kappa shape index (κ3) is 7.93. The molecule has 0 N–H and O–H groups in total. The van der Waals surface area contributed by atoms with Gasteiger partial charge in [0.25, 0.3) is 17.7 Å². The first-order valence-corrected chi connectivity index (χ1v) is 13.4. The zero-order valence-corrected chi connectivity index (χ0v) is 24.3. The Labute approximate surface area is 244 Å². The van der Waals surface area contributed by atoms with Crippen LogP contribution >= 0.6 is 0 Å². The number of hydrogen-bond acceptors (Lipinski definition) is 9. The Hall–Kier alpha value is -4.74. The molecule has 2 aromatic rings. The van der Waals surface area contributed by atoms with Crippen LogP contribution in [0.1, 0.15) is 66.8 Å². The van der Waals surface area contributed by atoms with E-state index < -0.39 is 53.9 Å². The van der Waals surface area contributed by atoms with Crippen LogP contribution in [0.4, 0.5) is 4.79 Å². The largest absolute Gasteiger partial charge is 0.465 e. The molecule has 1 aliphatic rings. The van der Waals surface area contributed by atoms with Crippen LogP contribution in [-0.2, 0) is 35.2 Å². The molecule has 224 valence electrons. The van der Waals surface area contributed by atoms with E-state index in [2.05, 4.69) is 0 Å². The quantitative estimate of drug-likeness (QED) is 0.179. The van der Waals surface area contributed by atoms with Crippen LogP contribution in [0.15, 0.2) is 54.6 Å². The molecular formula is C30H35N3O9. The fraction of sp³-hybridized carbons (Fsp3) is 0.400. The number of hydrazine groups is 1. The number of ether oxygens (including phenoxy) is 3. The monoisotopic (exact) mass is 581 g/mol. The Morgan fingerprint density at radius 1 is 0.857 bits per heavy atom. The van der Waals surface area contributed by atoms with Gasteiger partial charge in [0.05, 0.1) is 17.7 Å². The molecule has 1 aliphatic heterocycles. The van der Waals surface area contributed by atoms with Gasteiger partial charge in [-0.25, -0.2) is 14.8 Å². The van der Waals surface area contributed by atoms with Gasteiger partial charge < -0.3 is 14.2 Å². The van der Waals surface area contributed by atoms with E-state index in [1.807, 2.05) is 6.07 Å². The van der Waals surface area contributed by atoms with Crippen molar-refractivity contribution in [2.24, 2.45) is 0 Å². The highest BCUT2D eigenvalue weighted by atomic mass is 16.6. The number of nitrogens with zero attached hydrogens (tertiary/aromatic N) is 3. The smallest absolute Gasteiger partial charge is 0.429 e. The molecule has 3 rings (SSSR count). The first-order valence-electron chi connectivity index (χ1n) is 13.4. The Balaban J connectivity index is 1.92. The highest BCUT2D eigenvalue weighted by molar-refractivity contribution is 6.22. The summed E-state index contributed by atoms with van der Waals surface area (Å²) in [4.78, 5) is 79.7. The van der Waals surface area contributed by atoms with Gasteiger partial charge in [-0.1, -0.05) is 42.5 Å². The number of imide groups is 1. The predicted molar refractivity (Wildman–Crippen MR) is 149 cm³/mol. The summed E-state index contributed by atoms with van der Waals surface area (Å²) in [7, 11) is 1.21. The van der Waals surface area contributed by atoms with Crippen molar-refractivity contribution in [3.8, 4) is 0 Å². The van der Waals surface area contributed by atoms with Gasteiger partial charge in [-0.2, -0.15) is 0 Å². The molecule has 1 atom stereocenters. The first kappa shape index (κ1) is 31.8. The van der Waals surface area contributed by atoms with E-state index in [4.69, 9.17) is 14.2 Å². The summed E-state index contributed by atoms with van der Waals surface area (Å²) in [5.74, 6) is -3.98. The van der Waals surface area contributed by atoms with E-state index in [-0.39, 0.29) is 37.2 Å². The minimum absolute atomic E-state index is 0.00606. The number of amides is 4. The zero-order valence-electron chi connectivity index (χ0n) is 24.3. The second-order valence-corrected chi connectivity index (χ2v) is 10.4. The summed E-state index contributed by atoms with van der Waals surface area (Å²) < 4.78 is 15.7. The van der Waals surface area contributed by atoms with Crippen LogP contribution in [0.25, 0.3) is 0 Å². The van der Waals surface area contributed by atoms with Gasteiger partial charge >= 0.3 is 18.0 Å². The fourth-order valence-electron chi connectivity index (χ4n) is 4.18. The Morgan fingerprint density at radius 3 is 1.98 bits per heavy atom. The predicted octanol–water partition coefficient (Wildman–Crippen LogP) is 3.35. The molecule has 42 heavy (non-hydrogen) atoms. The van der Waals surface area contributed by atoms with Crippen molar-refractivity contribution in [3.05, 3.63) is 71.3 Å². The molecule has 4 amide bonds. The van der Waals surface area contributed by atoms with Crippen LogP contribution in [-0.4, -0.2) is 82.5 Å². The molecule has 12 heteroatoms. The Bertz CT molecular complexity index is 1300. The number of esters is 2. The average Bonchev–Trinajstić information content (AvgIpc) is 3.19. The number of hydrogen-bond donors (Lipinski definition) is 0.